The van der Waals surface area contributed by atoms with Crippen molar-refractivity contribution in [3.63, 3.8) is 0 Å². The van der Waals surface area contributed by atoms with Gasteiger partial charge in [-0.05, 0) is 25.8 Å². The Morgan fingerprint density at radius 3 is 3.00 bits per heavy atom. The van der Waals surface area contributed by atoms with Crippen LogP contribution in [0.1, 0.15) is 19.8 Å². The van der Waals surface area contributed by atoms with Gasteiger partial charge in [0, 0.05) is 18.1 Å². The molecule has 1 saturated heterocycles. The fraction of sp³-hybridized carbons (Fsp3) is 0.357. The van der Waals surface area contributed by atoms with Crippen LogP contribution in [0.25, 0.3) is 10.9 Å². The van der Waals surface area contributed by atoms with Crippen LogP contribution in [0.3, 0.4) is 0 Å². The maximum atomic E-state index is 11.5. The van der Waals surface area contributed by atoms with Crippen molar-refractivity contribution in [1.82, 2.24) is 9.97 Å². The Labute approximate surface area is 110 Å². The summed E-state index contributed by atoms with van der Waals surface area (Å²) in [7, 11) is 0. The molecule has 1 fully saturated rings. The number of benzene rings is 1. The number of rotatable bonds is 2. The number of anilines is 1. The van der Waals surface area contributed by atoms with E-state index in [-0.39, 0.29) is 0 Å². The monoisotopic (exact) mass is 257 g/mol. The smallest absolute Gasteiger partial charge is 0.329 e. The molecule has 0 bridgehead atoms. The number of carboxylic acids is 1. The topological polar surface area (TPSA) is 66.3 Å². The maximum absolute atomic E-state index is 11.5. The van der Waals surface area contributed by atoms with Crippen molar-refractivity contribution in [2.75, 3.05) is 11.4 Å². The molecule has 0 aliphatic carbocycles. The SMILES string of the molecule is CC1(C(=O)O)CCCN1c1ncc2ccccc2n1. The van der Waals surface area contributed by atoms with Crippen LogP contribution in [0.5, 0.6) is 0 Å². The first-order chi connectivity index (χ1) is 9.11. The van der Waals surface area contributed by atoms with Gasteiger partial charge >= 0.3 is 5.97 Å². The Bertz CT molecular complexity index is 643. The molecule has 0 spiro atoms. The molecule has 19 heavy (non-hydrogen) atoms. The first-order valence-corrected chi connectivity index (χ1v) is 6.34. The molecule has 5 nitrogen and oxygen atoms in total. The van der Waals surface area contributed by atoms with E-state index in [4.69, 9.17) is 0 Å². The van der Waals surface area contributed by atoms with E-state index in [0.717, 1.165) is 17.3 Å². The van der Waals surface area contributed by atoms with Crippen LogP contribution < -0.4 is 4.90 Å². The first kappa shape index (κ1) is 11.9. The summed E-state index contributed by atoms with van der Waals surface area (Å²) >= 11 is 0. The van der Waals surface area contributed by atoms with Crippen molar-refractivity contribution in [3.05, 3.63) is 30.5 Å². The lowest BCUT2D eigenvalue weighted by molar-refractivity contribution is -0.142. The van der Waals surface area contributed by atoms with E-state index in [1.165, 1.54) is 0 Å². The Morgan fingerprint density at radius 1 is 1.42 bits per heavy atom. The zero-order valence-corrected chi connectivity index (χ0v) is 10.7. The van der Waals surface area contributed by atoms with Gasteiger partial charge in [-0.25, -0.2) is 14.8 Å². The number of aromatic nitrogens is 2. The number of carbonyl (C=O) groups is 1. The summed E-state index contributed by atoms with van der Waals surface area (Å²) in [5.74, 6) is -0.317. The molecule has 1 aromatic heterocycles. The third-order valence-corrected chi connectivity index (χ3v) is 3.82. The molecule has 1 unspecified atom stereocenters. The van der Waals surface area contributed by atoms with Gasteiger partial charge in [0.2, 0.25) is 5.95 Å². The van der Waals surface area contributed by atoms with E-state index >= 15 is 0 Å². The number of para-hydroxylation sites is 1. The largest absolute Gasteiger partial charge is 0.480 e. The molecule has 1 aromatic carbocycles. The van der Waals surface area contributed by atoms with E-state index in [2.05, 4.69) is 9.97 Å². The average molecular weight is 257 g/mol. The summed E-state index contributed by atoms with van der Waals surface area (Å²) in [4.78, 5) is 22.1. The fourth-order valence-electron chi connectivity index (χ4n) is 2.60. The summed E-state index contributed by atoms with van der Waals surface area (Å²) < 4.78 is 0. The second-order valence-electron chi connectivity index (χ2n) is 5.06. The standard InChI is InChI=1S/C14H15N3O2/c1-14(12(18)19)7-4-8-17(14)13-15-9-10-5-2-3-6-11(10)16-13/h2-3,5-6,9H,4,7-8H2,1H3,(H,18,19). The van der Waals surface area contributed by atoms with E-state index in [1.54, 1.807) is 18.0 Å². The van der Waals surface area contributed by atoms with E-state index in [9.17, 15) is 9.90 Å². The lowest BCUT2D eigenvalue weighted by Gasteiger charge is -2.31. The highest BCUT2D eigenvalue weighted by molar-refractivity contribution is 5.84. The van der Waals surface area contributed by atoms with Crippen LogP contribution in [0.2, 0.25) is 0 Å². The molecule has 1 aliphatic rings. The summed E-state index contributed by atoms with van der Waals surface area (Å²) in [6.07, 6.45) is 3.22. The second kappa shape index (κ2) is 4.19. The van der Waals surface area contributed by atoms with Gasteiger partial charge in [-0.2, -0.15) is 0 Å². The summed E-state index contributed by atoms with van der Waals surface area (Å²) in [5.41, 5.74) is -0.0604. The Kier molecular flexibility index (Phi) is 2.62. The molecule has 1 atom stereocenters. The predicted octanol–water partition coefficient (Wildman–Crippen LogP) is 2.07. The Balaban J connectivity index is 2.06. The Morgan fingerprint density at radius 2 is 2.21 bits per heavy atom. The van der Waals surface area contributed by atoms with E-state index in [1.807, 2.05) is 24.3 Å². The third-order valence-electron chi connectivity index (χ3n) is 3.82. The highest BCUT2D eigenvalue weighted by Crippen LogP contribution is 2.32. The van der Waals surface area contributed by atoms with Crippen LogP contribution in [0.15, 0.2) is 30.5 Å². The number of fused-ring (bicyclic) bond motifs is 1. The lowest BCUT2D eigenvalue weighted by atomic mass is 10.00. The highest BCUT2D eigenvalue weighted by atomic mass is 16.4. The van der Waals surface area contributed by atoms with Gasteiger partial charge in [-0.15, -0.1) is 0 Å². The van der Waals surface area contributed by atoms with Crippen molar-refractivity contribution >= 4 is 22.8 Å². The summed E-state index contributed by atoms with van der Waals surface area (Å²) in [5, 5.41) is 10.4. The van der Waals surface area contributed by atoms with E-state index in [0.29, 0.717) is 18.9 Å². The lowest BCUT2D eigenvalue weighted by Crippen LogP contribution is -2.48. The van der Waals surface area contributed by atoms with Crippen molar-refractivity contribution in [3.8, 4) is 0 Å². The van der Waals surface area contributed by atoms with Crippen molar-refractivity contribution in [2.45, 2.75) is 25.3 Å². The second-order valence-corrected chi connectivity index (χ2v) is 5.06. The third kappa shape index (κ3) is 1.82. The van der Waals surface area contributed by atoms with Gasteiger partial charge in [0.05, 0.1) is 5.52 Å². The first-order valence-electron chi connectivity index (χ1n) is 6.34. The molecule has 0 amide bonds. The van der Waals surface area contributed by atoms with Crippen molar-refractivity contribution < 1.29 is 9.90 Å². The van der Waals surface area contributed by atoms with Crippen LogP contribution in [-0.4, -0.2) is 33.1 Å². The molecule has 2 heterocycles. The molecule has 2 aromatic rings. The normalized spacial score (nSPS) is 22.9. The minimum Gasteiger partial charge on any atom is -0.480 e. The minimum atomic E-state index is -0.900. The zero-order valence-electron chi connectivity index (χ0n) is 10.7. The molecule has 0 saturated carbocycles. The van der Waals surface area contributed by atoms with Gasteiger partial charge in [-0.1, -0.05) is 18.2 Å². The predicted molar refractivity (Wildman–Crippen MR) is 72.2 cm³/mol. The molecule has 3 rings (SSSR count). The number of carboxylic acid groups (broad SMARTS) is 1. The van der Waals surface area contributed by atoms with Crippen LogP contribution in [0, 0.1) is 0 Å². The molecule has 5 heteroatoms. The molecule has 1 aliphatic heterocycles. The van der Waals surface area contributed by atoms with Gasteiger partial charge in [-0.3, -0.25) is 0 Å². The zero-order chi connectivity index (χ0) is 13.5. The van der Waals surface area contributed by atoms with E-state index < -0.39 is 11.5 Å². The van der Waals surface area contributed by atoms with Crippen LogP contribution in [-0.2, 0) is 4.79 Å². The summed E-state index contributed by atoms with van der Waals surface area (Å²) in [6, 6.07) is 7.70. The molecular weight excluding hydrogens is 242 g/mol. The van der Waals surface area contributed by atoms with Crippen LogP contribution >= 0.6 is 0 Å². The van der Waals surface area contributed by atoms with Crippen molar-refractivity contribution in [2.24, 2.45) is 0 Å². The van der Waals surface area contributed by atoms with Gasteiger partial charge in [0.1, 0.15) is 5.54 Å². The number of hydrogen-bond donors (Lipinski definition) is 1. The quantitative estimate of drug-likeness (QED) is 0.892. The molecule has 1 N–H and O–H groups in total. The van der Waals surface area contributed by atoms with Gasteiger partial charge in [0.25, 0.3) is 0 Å². The molecule has 98 valence electrons. The molecule has 0 radical (unpaired) electrons. The Hall–Kier alpha value is -2.17. The van der Waals surface area contributed by atoms with Gasteiger partial charge < -0.3 is 10.0 Å². The molecular formula is C14H15N3O2. The number of nitrogens with zero attached hydrogens (tertiary/aromatic N) is 3. The minimum absolute atomic E-state index is 0.501. The fourth-order valence-corrected chi connectivity index (χ4v) is 2.60. The average Bonchev–Trinajstić information content (AvgIpc) is 2.82. The maximum Gasteiger partial charge on any atom is 0.329 e. The number of aliphatic carboxylic acids is 1. The van der Waals surface area contributed by atoms with Crippen molar-refractivity contribution in [1.29, 1.82) is 0 Å². The van der Waals surface area contributed by atoms with Gasteiger partial charge in [0.15, 0.2) is 0 Å². The highest BCUT2D eigenvalue weighted by Gasteiger charge is 2.44. The van der Waals surface area contributed by atoms with Crippen LogP contribution in [0.4, 0.5) is 5.95 Å². The summed E-state index contributed by atoms with van der Waals surface area (Å²) in [6.45, 7) is 2.42. The number of hydrogen-bond acceptors (Lipinski definition) is 4.